The molecule has 2 aromatic carbocycles. The van der Waals surface area contributed by atoms with Gasteiger partial charge in [0.25, 0.3) is 0 Å². The summed E-state index contributed by atoms with van der Waals surface area (Å²) in [5, 5.41) is 4.80. The summed E-state index contributed by atoms with van der Waals surface area (Å²) in [6.07, 6.45) is 3.10. The van der Waals surface area contributed by atoms with Crippen LogP contribution in [0, 0.1) is 0 Å². The van der Waals surface area contributed by atoms with Gasteiger partial charge in [-0.2, -0.15) is 5.10 Å². The molecular formula is C27H31N3O4. The van der Waals surface area contributed by atoms with Crippen molar-refractivity contribution in [3.05, 3.63) is 66.4 Å². The lowest BCUT2D eigenvalue weighted by Gasteiger charge is -2.33. The molecule has 4 rings (SSSR count). The number of aromatic nitrogens is 2. The zero-order valence-corrected chi connectivity index (χ0v) is 19.8. The number of hydrogen-bond donors (Lipinski definition) is 0. The quantitative estimate of drug-likeness (QED) is 0.415. The van der Waals surface area contributed by atoms with Crippen molar-refractivity contribution in [1.29, 1.82) is 0 Å². The second-order valence-electron chi connectivity index (χ2n) is 8.41. The molecule has 1 aliphatic heterocycles. The van der Waals surface area contributed by atoms with Crippen molar-refractivity contribution < 1.29 is 19.1 Å². The topological polar surface area (TPSA) is 73.7 Å². The maximum atomic E-state index is 12.7. The number of amides is 1. The van der Waals surface area contributed by atoms with Crippen LogP contribution in [0.5, 0.6) is 11.5 Å². The third kappa shape index (κ3) is 5.47. The Balaban J connectivity index is 1.58. The predicted molar refractivity (Wildman–Crippen MR) is 130 cm³/mol. The Morgan fingerprint density at radius 2 is 1.76 bits per heavy atom. The number of hydrogen-bond acceptors (Lipinski definition) is 5. The van der Waals surface area contributed by atoms with Crippen LogP contribution in [0.2, 0.25) is 0 Å². The maximum Gasteiger partial charge on any atom is 0.356 e. The highest BCUT2D eigenvalue weighted by Gasteiger charge is 2.29. The summed E-state index contributed by atoms with van der Waals surface area (Å²) in [6.45, 7) is 5.39. The van der Waals surface area contributed by atoms with E-state index < -0.39 is 5.97 Å². The van der Waals surface area contributed by atoms with E-state index >= 15 is 0 Å². The van der Waals surface area contributed by atoms with Gasteiger partial charge in [0.15, 0.2) is 0 Å². The van der Waals surface area contributed by atoms with E-state index in [0.29, 0.717) is 24.4 Å². The second kappa shape index (κ2) is 11.0. The van der Waals surface area contributed by atoms with E-state index in [0.717, 1.165) is 42.9 Å². The predicted octanol–water partition coefficient (Wildman–Crippen LogP) is 5.48. The highest BCUT2D eigenvalue weighted by molar-refractivity contribution is 5.89. The van der Waals surface area contributed by atoms with Crippen LogP contribution in [0.1, 0.15) is 56.1 Å². The van der Waals surface area contributed by atoms with Crippen LogP contribution in [-0.2, 0) is 9.53 Å². The number of nitrogens with zero attached hydrogens (tertiary/aromatic N) is 3. The molecule has 0 bridgehead atoms. The number of esters is 1. The van der Waals surface area contributed by atoms with Crippen molar-refractivity contribution >= 4 is 11.9 Å². The zero-order valence-electron chi connectivity index (χ0n) is 19.8. The van der Waals surface area contributed by atoms with Gasteiger partial charge in [-0.05, 0) is 68.7 Å². The molecule has 1 saturated heterocycles. The molecule has 1 atom stereocenters. The first-order valence-corrected chi connectivity index (χ1v) is 12.0. The molecule has 7 nitrogen and oxygen atoms in total. The number of ether oxygens (including phenoxy) is 2. The van der Waals surface area contributed by atoms with Crippen molar-refractivity contribution in [3.63, 3.8) is 0 Å². The molecule has 0 aliphatic carbocycles. The maximum absolute atomic E-state index is 12.7. The minimum atomic E-state index is -0.401. The third-order valence-corrected chi connectivity index (χ3v) is 5.91. The Labute approximate surface area is 200 Å². The van der Waals surface area contributed by atoms with Crippen LogP contribution in [0.25, 0.3) is 11.3 Å². The first-order chi connectivity index (χ1) is 16.6. The molecule has 1 amide bonds. The summed E-state index contributed by atoms with van der Waals surface area (Å²) in [4.78, 5) is 27.1. The number of para-hydroxylation sites is 1. The first kappa shape index (κ1) is 23.5. The van der Waals surface area contributed by atoms with Gasteiger partial charge in [0.05, 0.1) is 18.3 Å². The second-order valence-corrected chi connectivity index (χ2v) is 8.41. The Hall–Kier alpha value is -3.61. The van der Waals surface area contributed by atoms with Crippen LogP contribution in [0.4, 0.5) is 0 Å². The third-order valence-electron chi connectivity index (χ3n) is 5.91. The molecule has 0 saturated carbocycles. The SMILES string of the molecule is CCCC(=O)N1CCCC(n2nc(-c3ccc(Oc4ccccc4)cc3)cc2C(=O)OCC)C1. The number of rotatable bonds is 8. The average Bonchev–Trinajstić information content (AvgIpc) is 3.31. The fourth-order valence-corrected chi connectivity index (χ4v) is 4.24. The smallest absolute Gasteiger partial charge is 0.356 e. The average molecular weight is 462 g/mol. The molecule has 1 fully saturated rings. The molecule has 178 valence electrons. The minimum Gasteiger partial charge on any atom is -0.461 e. The lowest BCUT2D eigenvalue weighted by molar-refractivity contribution is -0.132. The van der Waals surface area contributed by atoms with E-state index in [-0.39, 0.29) is 18.6 Å². The molecular weight excluding hydrogens is 430 g/mol. The Kier molecular flexibility index (Phi) is 7.62. The van der Waals surface area contributed by atoms with Crippen molar-refractivity contribution in [2.75, 3.05) is 19.7 Å². The van der Waals surface area contributed by atoms with Crippen LogP contribution in [-0.4, -0.2) is 46.3 Å². The molecule has 0 N–H and O–H groups in total. The van der Waals surface area contributed by atoms with Gasteiger partial charge in [0.2, 0.25) is 5.91 Å². The van der Waals surface area contributed by atoms with Gasteiger partial charge in [-0.1, -0.05) is 25.1 Å². The Morgan fingerprint density at radius 1 is 1.03 bits per heavy atom. The molecule has 34 heavy (non-hydrogen) atoms. The molecule has 7 heteroatoms. The van der Waals surface area contributed by atoms with Gasteiger partial charge in [-0.15, -0.1) is 0 Å². The number of carbonyl (C=O) groups is 2. The van der Waals surface area contributed by atoms with Gasteiger partial charge < -0.3 is 14.4 Å². The fraction of sp³-hybridized carbons (Fsp3) is 0.370. The number of piperidine rings is 1. The summed E-state index contributed by atoms with van der Waals surface area (Å²) in [6, 6.07) is 18.9. The van der Waals surface area contributed by atoms with Crippen molar-refractivity contribution in [2.24, 2.45) is 0 Å². The summed E-state index contributed by atoms with van der Waals surface area (Å²) < 4.78 is 12.9. The van der Waals surface area contributed by atoms with Gasteiger partial charge in [-0.3, -0.25) is 9.48 Å². The van der Waals surface area contributed by atoms with Crippen molar-refractivity contribution in [2.45, 2.75) is 45.6 Å². The number of benzene rings is 2. The molecule has 1 aliphatic rings. The molecule has 2 heterocycles. The normalized spacial score (nSPS) is 15.7. The molecule has 3 aromatic rings. The van der Waals surface area contributed by atoms with Crippen molar-refractivity contribution in [1.82, 2.24) is 14.7 Å². The van der Waals surface area contributed by atoms with Crippen LogP contribution in [0.15, 0.2) is 60.7 Å². The van der Waals surface area contributed by atoms with Gasteiger partial charge in [0, 0.05) is 25.1 Å². The highest BCUT2D eigenvalue weighted by Crippen LogP contribution is 2.29. The molecule has 1 unspecified atom stereocenters. The summed E-state index contributed by atoms with van der Waals surface area (Å²) in [5.74, 6) is 1.24. The fourth-order valence-electron chi connectivity index (χ4n) is 4.24. The van der Waals surface area contributed by atoms with Crippen LogP contribution in [0.3, 0.4) is 0 Å². The van der Waals surface area contributed by atoms with Crippen molar-refractivity contribution in [3.8, 4) is 22.8 Å². The van der Waals surface area contributed by atoms with E-state index in [1.807, 2.05) is 66.4 Å². The largest absolute Gasteiger partial charge is 0.461 e. The van der Waals surface area contributed by atoms with E-state index in [1.165, 1.54) is 0 Å². The lowest BCUT2D eigenvalue weighted by atomic mass is 10.0. The van der Waals surface area contributed by atoms with Gasteiger partial charge in [-0.25, -0.2) is 4.79 Å². The van der Waals surface area contributed by atoms with E-state index in [2.05, 4.69) is 0 Å². The minimum absolute atomic E-state index is 0.0663. The Morgan fingerprint density at radius 3 is 2.47 bits per heavy atom. The van der Waals surface area contributed by atoms with Crippen LogP contribution >= 0.6 is 0 Å². The monoisotopic (exact) mass is 461 g/mol. The summed E-state index contributed by atoms with van der Waals surface area (Å²) >= 11 is 0. The van der Waals surface area contributed by atoms with Gasteiger partial charge in [0.1, 0.15) is 17.2 Å². The first-order valence-electron chi connectivity index (χ1n) is 12.0. The molecule has 0 radical (unpaired) electrons. The van der Waals surface area contributed by atoms with Crippen LogP contribution < -0.4 is 4.74 Å². The van der Waals surface area contributed by atoms with E-state index in [4.69, 9.17) is 14.6 Å². The number of likely N-dealkylation sites (tertiary alicyclic amines) is 1. The number of carbonyl (C=O) groups excluding carboxylic acids is 2. The van der Waals surface area contributed by atoms with E-state index in [9.17, 15) is 9.59 Å². The highest BCUT2D eigenvalue weighted by atomic mass is 16.5. The summed E-state index contributed by atoms with van der Waals surface area (Å²) in [5.41, 5.74) is 1.97. The van der Waals surface area contributed by atoms with E-state index in [1.54, 1.807) is 17.7 Å². The standard InChI is InChI=1S/C27H31N3O4/c1-3-9-26(31)29-17-8-10-21(19-29)30-25(27(32)33-4-2)18-24(28-30)20-13-15-23(16-14-20)34-22-11-6-5-7-12-22/h5-7,11-16,18,21H,3-4,8-10,17,19H2,1-2H3. The van der Waals surface area contributed by atoms with Gasteiger partial charge >= 0.3 is 5.97 Å². The Bertz CT molecular complexity index is 1110. The zero-order chi connectivity index (χ0) is 23.9. The lowest BCUT2D eigenvalue weighted by Crippen LogP contribution is -2.41. The molecule has 1 aromatic heterocycles. The summed E-state index contributed by atoms with van der Waals surface area (Å²) in [7, 11) is 0. The molecule has 0 spiro atoms.